The lowest BCUT2D eigenvalue weighted by molar-refractivity contribution is 0.174. The summed E-state index contributed by atoms with van der Waals surface area (Å²) in [4.78, 5) is 4.31. The number of rotatable bonds is 3. The fourth-order valence-corrected chi connectivity index (χ4v) is 2.17. The molecule has 1 aromatic carbocycles. The highest BCUT2D eigenvalue weighted by atomic mass is 16.7. The van der Waals surface area contributed by atoms with Crippen LogP contribution in [-0.4, -0.2) is 18.3 Å². The molecule has 2 heterocycles. The van der Waals surface area contributed by atoms with Gasteiger partial charge in [0.1, 0.15) is 0 Å². The van der Waals surface area contributed by atoms with E-state index in [9.17, 15) is 0 Å². The Morgan fingerprint density at radius 1 is 1.16 bits per heavy atom. The second-order valence-corrected chi connectivity index (χ2v) is 4.46. The number of nitrogens with zero attached hydrogens (tertiary/aromatic N) is 1. The molecule has 1 atom stereocenters. The summed E-state index contributed by atoms with van der Waals surface area (Å²) < 4.78 is 10.7. The zero-order valence-corrected chi connectivity index (χ0v) is 10.4. The van der Waals surface area contributed by atoms with E-state index in [0.29, 0.717) is 5.75 Å². The first kappa shape index (κ1) is 12.0. The molecule has 0 bridgehead atoms. The first-order valence-electron chi connectivity index (χ1n) is 6.04. The highest BCUT2D eigenvalue weighted by Crippen LogP contribution is 2.36. The van der Waals surface area contributed by atoms with Crippen molar-refractivity contribution in [2.45, 2.75) is 5.54 Å². The molecule has 0 aliphatic carbocycles. The second-order valence-electron chi connectivity index (χ2n) is 4.46. The first-order valence-corrected chi connectivity index (χ1v) is 6.04. The minimum atomic E-state index is -0.831. The van der Waals surface area contributed by atoms with Gasteiger partial charge >= 0.3 is 0 Å². The van der Waals surface area contributed by atoms with Crippen LogP contribution >= 0.6 is 0 Å². The predicted octanol–water partition coefficient (Wildman–Crippen LogP) is 0.971. The third kappa shape index (κ3) is 1.93. The minimum Gasteiger partial charge on any atom is -0.454 e. The number of aromatic nitrogens is 1. The Morgan fingerprint density at radius 2 is 2.00 bits per heavy atom. The van der Waals surface area contributed by atoms with E-state index in [1.807, 2.05) is 36.4 Å². The van der Waals surface area contributed by atoms with E-state index in [2.05, 4.69) is 4.98 Å². The summed E-state index contributed by atoms with van der Waals surface area (Å²) in [6, 6.07) is 11.2. The summed E-state index contributed by atoms with van der Waals surface area (Å²) in [5.41, 5.74) is 13.1. The average Bonchev–Trinajstić information content (AvgIpc) is 2.94. The molecule has 2 aromatic rings. The minimum absolute atomic E-state index is 0.239. The van der Waals surface area contributed by atoms with Crippen LogP contribution in [0.25, 0.3) is 0 Å². The third-order valence-electron chi connectivity index (χ3n) is 3.33. The van der Waals surface area contributed by atoms with E-state index < -0.39 is 5.54 Å². The van der Waals surface area contributed by atoms with Crippen molar-refractivity contribution in [1.29, 1.82) is 0 Å². The van der Waals surface area contributed by atoms with Gasteiger partial charge in [-0.2, -0.15) is 0 Å². The first-order chi connectivity index (χ1) is 9.24. The van der Waals surface area contributed by atoms with Gasteiger partial charge < -0.3 is 20.9 Å². The molecule has 0 saturated carbocycles. The van der Waals surface area contributed by atoms with E-state index in [4.69, 9.17) is 20.9 Å². The Morgan fingerprint density at radius 3 is 2.74 bits per heavy atom. The molecule has 5 nitrogen and oxygen atoms in total. The molecule has 1 aliphatic rings. The van der Waals surface area contributed by atoms with Gasteiger partial charge in [-0.05, 0) is 29.8 Å². The molecular weight excluding hydrogens is 242 g/mol. The van der Waals surface area contributed by atoms with Crippen molar-refractivity contribution >= 4 is 0 Å². The second kappa shape index (κ2) is 4.53. The predicted molar refractivity (Wildman–Crippen MR) is 70.8 cm³/mol. The molecule has 5 heteroatoms. The van der Waals surface area contributed by atoms with Gasteiger partial charge in [-0.3, -0.25) is 4.98 Å². The number of nitrogens with two attached hydrogens (primary N) is 2. The Labute approximate surface area is 111 Å². The molecule has 0 radical (unpaired) electrons. The van der Waals surface area contributed by atoms with Crippen LogP contribution in [0.2, 0.25) is 0 Å². The summed E-state index contributed by atoms with van der Waals surface area (Å²) in [6.45, 7) is 0.492. The summed E-state index contributed by atoms with van der Waals surface area (Å²) in [7, 11) is 0. The van der Waals surface area contributed by atoms with Crippen LogP contribution in [0, 0.1) is 0 Å². The molecule has 0 fully saturated rings. The van der Waals surface area contributed by atoms with Crippen LogP contribution in [0.1, 0.15) is 11.3 Å². The van der Waals surface area contributed by atoms with Crippen LogP contribution < -0.4 is 20.9 Å². The number of hydrogen-bond donors (Lipinski definition) is 2. The van der Waals surface area contributed by atoms with Crippen LogP contribution in [0.3, 0.4) is 0 Å². The standard InChI is InChI=1S/C14H15N3O2/c15-8-14(16,13-3-1-2-6-17-13)10-4-5-11-12(7-10)19-9-18-11/h1-7H,8-9,15-16H2. The van der Waals surface area contributed by atoms with Gasteiger partial charge in [0.15, 0.2) is 11.5 Å². The van der Waals surface area contributed by atoms with Crippen LogP contribution in [0.4, 0.5) is 0 Å². The monoisotopic (exact) mass is 257 g/mol. The van der Waals surface area contributed by atoms with Crippen molar-refractivity contribution in [1.82, 2.24) is 4.98 Å². The maximum Gasteiger partial charge on any atom is 0.231 e. The quantitative estimate of drug-likeness (QED) is 0.856. The highest BCUT2D eigenvalue weighted by Gasteiger charge is 2.31. The Kier molecular flexibility index (Phi) is 2.85. The van der Waals surface area contributed by atoms with Crippen molar-refractivity contribution in [3.8, 4) is 11.5 Å². The number of benzene rings is 1. The smallest absolute Gasteiger partial charge is 0.231 e. The van der Waals surface area contributed by atoms with E-state index in [0.717, 1.165) is 17.0 Å². The van der Waals surface area contributed by atoms with Crippen molar-refractivity contribution in [3.63, 3.8) is 0 Å². The largest absolute Gasteiger partial charge is 0.454 e. The zero-order chi connectivity index (χ0) is 13.3. The molecule has 0 amide bonds. The number of fused-ring (bicyclic) bond motifs is 1. The number of ether oxygens (including phenoxy) is 2. The van der Waals surface area contributed by atoms with Crippen LogP contribution in [-0.2, 0) is 5.54 Å². The zero-order valence-electron chi connectivity index (χ0n) is 10.4. The third-order valence-corrected chi connectivity index (χ3v) is 3.33. The van der Waals surface area contributed by atoms with Crippen molar-refractivity contribution < 1.29 is 9.47 Å². The lowest BCUT2D eigenvalue weighted by Gasteiger charge is -2.28. The van der Waals surface area contributed by atoms with Gasteiger partial charge in [-0.15, -0.1) is 0 Å². The SMILES string of the molecule is NCC(N)(c1ccc2c(c1)OCO2)c1ccccn1. The molecule has 0 spiro atoms. The van der Waals surface area contributed by atoms with Gasteiger partial charge in [0.25, 0.3) is 0 Å². The van der Waals surface area contributed by atoms with Crippen molar-refractivity contribution in [2.75, 3.05) is 13.3 Å². The Hall–Kier alpha value is -2.11. The lowest BCUT2D eigenvalue weighted by Crippen LogP contribution is -2.45. The molecule has 1 aliphatic heterocycles. The molecule has 4 N–H and O–H groups in total. The Bertz CT molecular complexity index is 588. The molecule has 1 aromatic heterocycles. The fraction of sp³-hybridized carbons (Fsp3) is 0.214. The van der Waals surface area contributed by atoms with E-state index in [1.165, 1.54) is 0 Å². The summed E-state index contributed by atoms with van der Waals surface area (Å²) in [5.74, 6) is 1.42. The fourth-order valence-electron chi connectivity index (χ4n) is 2.17. The summed E-state index contributed by atoms with van der Waals surface area (Å²) in [5, 5.41) is 0. The molecule has 19 heavy (non-hydrogen) atoms. The highest BCUT2D eigenvalue weighted by molar-refractivity contribution is 5.48. The normalized spacial score (nSPS) is 16.1. The van der Waals surface area contributed by atoms with Gasteiger partial charge in [0.2, 0.25) is 6.79 Å². The maximum atomic E-state index is 6.45. The van der Waals surface area contributed by atoms with Gasteiger partial charge in [-0.25, -0.2) is 0 Å². The molecule has 98 valence electrons. The number of pyridine rings is 1. The van der Waals surface area contributed by atoms with E-state index in [1.54, 1.807) is 6.20 Å². The van der Waals surface area contributed by atoms with Crippen molar-refractivity contribution in [2.24, 2.45) is 11.5 Å². The van der Waals surface area contributed by atoms with Crippen molar-refractivity contribution in [3.05, 3.63) is 53.9 Å². The van der Waals surface area contributed by atoms with Crippen LogP contribution in [0.15, 0.2) is 42.6 Å². The average molecular weight is 257 g/mol. The summed E-state index contributed by atoms with van der Waals surface area (Å²) in [6.07, 6.45) is 1.71. The molecule has 1 unspecified atom stereocenters. The van der Waals surface area contributed by atoms with Gasteiger partial charge in [-0.1, -0.05) is 12.1 Å². The molecular formula is C14H15N3O2. The topological polar surface area (TPSA) is 83.4 Å². The lowest BCUT2D eigenvalue weighted by atomic mass is 9.87. The van der Waals surface area contributed by atoms with Gasteiger partial charge in [0, 0.05) is 12.7 Å². The maximum absolute atomic E-state index is 6.45. The Balaban J connectivity index is 2.07. The summed E-state index contributed by atoms with van der Waals surface area (Å²) >= 11 is 0. The van der Waals surface area contributed by atoms with Crippen LogP contribution in [0.5, 0.6) is 11.5 Å². The van der Waals surface area contributed by atoms with E-state index in [-0.39, 0.29) is 13.3 Å². The molecule has 0 saturated heterocycles. The van der Waals surface area contributed by atoms with E-state index >= 15 is 0 Å². The van der Waals surface area contributed by atoms with Gasteiger partial charge in [0.05, 0.1) is 11.2 Å². The molecule has 3 rings (SSSR count). The number of hydrogen-bond acceptors (Lipinski definition) is 5.